The van der Waals surface area contributed by atoms with E-state index in [1.165, 1.54) is 24.3 Å². The van der Waals surface area contributed by atoms with Gasteiger partial charge in [-0.15, -0.1) is 0 Å². The Kier molecular flexibility index (Phi) is 5.09. The minimum absolute atomic E-state index is 0.306. The number of aliphatic hydroxyl groups is 1. The summed E-state index contributed by atoms with van der Waals surface area (Å²) in [6.45, 7) is 3.77. The summed E-state index contributed by atoms with van der Waals surface area (Å²) in [6.07, 6.45) is 0.760. The number of hydrogen-bond donors (Lipinski definition) is 3. The number of carbonyl (C=O) groups excluding carboxylic acids is 1. The number of fused-ring (bicyclic) bond motifs is 1. The minimum Gasteiger partial charge on any atom is -0.391 e. The van der Waals surface area contributed by atoms with Crippen LogP contribution >= 0.6 is 0 Å². The van der Waals surface area contributed by atoms with Gasteiger partial charge in [-0.05, 0) is 60.4 Å². The van der Waals surface area contributed by atoms with Crippen molar-refractivity contribution in [3.05, 3.63) is 65.0 Å². The molecule has 0 saturated carbocycles. The molecule has 142 valence electrons. The lowest BCUT2D eigenvalue weighted by Gasteiger charge is -2.34. The molecular formula is C21H24FN3O2. The fourth-order valence-electron chi connectivity index (χ4n) is 3.90. The number of rotatable bonds is 3. The number of piperazine rings is 1. The van der Waals surface area contributed by atoms with Crippen molar-refractivity contribution in [1.82, 2.24) is 10.6 Å². The van der Waals surface area contributed by atoms with E-state index in [-0.39, 0.29) is 11.7 Å². The van der Waals surface area contributed by atoms with Crippen LogP contribution < -0.4 is 15.5 Å². The highest BCUT2D eigenvalue weighted by Crippen LogP contribution is 2.33. The first-order chi connectivity index (χ1) is 13.1. The van der Waals surface area contributed by atoms with Gasteiger partial charge in [0.2, 0.25) is 0 Å². The maximum atomic E-state index is 13.1. The number of anilines is 1. The molecule has 1 aliphatic heterocycles. The number of hydrogen-bond acceptors (Lipinski definition) is 4. The van der Waals surface area contributed by atoms with Crippen LogP contribution in [0.1, 0.15) is 33.9 Å². The Balaban J connectivity index is 1.59. The van der Waals surface area contributed by atoms with Gasteiger partial charge in [-0.2, -0.15) is 0 Å². The molecule has 27 heavy (non-hydrogen) atoms. The third kappa shape index (κ3) is 3.82. The van der Waals surface area contributed by atoms with Crippen molar-refractivity contribution in [2.75, 3.05) is 31.1 Å². The van der Waals surface area contributed by atoms with E-state index in [1.807, 2.05) is 0 Å². The van der Waals surface area contributed by atoms with Gasteiger partial charge in [0.15, 0.2) is 0 Å². The largest absolute Gasteiger partial charge is 0.391 e. The van der Waals surface area contributed by atoms with E-state index >= 15 is 0 Å². The molecule has 2 aromatic carbocycles. The van der Waals surface area contributed by atoms with Crippen LogP contribution in [0.2, 0.25) is 0 Å². The van der Waals surface area contributed by atoms with Crippen LogP contribution in [0, 0.1) is 5.82 Å². The summed E-state index contributed by atoms with van der Waals surface area (Å²) in [4.78, 5) is 14.9. The third-order valence-electron chi connectivity index (χ3n) is 5.43. The van der Waals surface area contributed by atoms with E-state index in [0.29, 0.717) is 12.0 Å². The molecule has 2 atom stereocenters. The van der Waals surface area contributed by atoms with Crippen molar-refractivity contribution < 1.29 is 14.3 Å². The van der Waals surface area contributed by atoms with E-state index < -0.39 is 12.1 Å². The molecule has 0 spiro atoms. The second-order valence-corrected chi connectivity index (χ2v) is 7.18. The Morgan fingerprint density at radius 2 is 1.89 bits per heavy atom. The maximum Gasteiger partial charge on any atom is 0.251 e. The summed E-state index contributed by atoms with van der Waals surface area (Å²) in [5.74, 6) is -0.685. The highest BCUT2D eigenvalue weighted by molar-refractivity contribution is 5.94. The molecule has 0 aromatic heterocycles. The summed E-state index contributed by atoms with van der Waals surface area (Å²) in [7, 11) is 0. The summed E-state index contributed by atoms with van der Waals surface area (Å²) >= 11 is 0. The van der Waals surface area contributed by atoms with E-state index in [1.54, 1.807) is 0 Å². The first-order valence-corrected chi connectivity index (χ1v) is 9.45. The maximum absolute atomic E-state index is 13.1. The molecule has 2 aliphatic rings. The van der Waals surface area contributed by atoms with Crippen molar-refractivity contribution in [3.8, 4) is 0 Å². The zero-order valence-electron chi connectivity index (χ0n) is 15.1. The van der Waals surface area contributed by atoms with Crippen LogP contribution in [0.25, 0.3) is 0 Å². The second kappa shape index (κ2) is 7.66. The lowest BCUT2D eigenvalue weighted by atomic mass is 9.85. The zero-order valence-corrected chi connectivity index (χ0v) is 15.1. The first kappa shape index (κ1) is 17.9. The first-order valence-electron chi connectivity index (χ1n) is 9.45. The second-order valence-electron chi connectivity index (χ2n) is 7.18. The molecule has 2 aromatic rings. The van der Waals surface area contributed by atoms with E-state index in [9.17, 15) is 14.3 Å². The Morgan fingerprint density at radius 3 is 2.63 bits per heavy atom. The predicted octanol–water partition coefficient (Wildman–Crippen LogP) is 2.01. The molecule has 4 rings (SSSR count). The highest BCUT2D eigenvalue weighted by Gasteiger charge is 2.30. The molecule has 5 nitrogen and oxygen atoms in total. The summed E-state index contributed by atoms with van der Waals surface area (Å²) in [6, 6.07) is 11.3. The standard InChI is InChI=1S/C21H24FN3O2/c22-16-5-1-15(2-6-16)21(27)24-20-18-13-17(25-11-9-23-10-12-25)7-3-14(18)4-8-19(20)26/h1-3,5-7,13,19-20,23,26H,4,8-12H2,(H,24,27). The van der Waals surface area contributed by atoms with E-state index in [0.717, 1.165) is 49.4 Å². The van der Waals surface area contributed by atoms with E-state index in [2.05, 4.69) is 33.7 Å². The fraction of sp³-hybridized carbons (Fsp3) is 0.381. The molecule has 0 radical (unpaired) electrons. The van der Waals surface area contributed by atoms with Crippen molar-refractivity contribution in [3.63, 3.8) is 0 Å². The number of nitrogens with one attached hydrogen (secondary N) is 2. The van der Waals surface area contributed by atoms with Crippen LogP contribution in [0.5, 0.6) is 0 Å². The average Bonchev–Trinajstić information content (AvgIpc) is 2.71. The van der Waals surface area contributed by atoms with Crippen molar-refractivity contribution in [1.29, 1.82) is 0 Å². The van der Waals surface area contributed by atoms with Gasteiger partial charge in [0.25, 0.3) is 5.91 Å². The van der Waals surface area contributed by atoms with Crippen molar-refractivity contribution in [2.45, 2.75) is 25.0 Å². The van der Waals surface area contributed by atoms with Crippen LogP contribution in [0.15, 0.2) is 42.5 Å². The molecule has 1 saturated heterocycles. The summed E-state index contributed by atoms with van der Waals surface area (Å²) < 4.78 is 13.1. The number of benzene rings is 2. The molecule has 1 aliphatic carbocycles. The number of halogens is 1. The smallest absolute Gasteiger partial charge is 0.251 e. The molecule has 3 N–H and O–H groups in total. The Morgan fingerprint density at radius 1 is 1.15 bits per heavy atom. The van der Waals surface area contributed by atoms with Gasteiger partial charge < -0.3 is 20.6 Å². The molecule has 0 bridgehead atoms. The van der Waals surface area contributed by atoms with Crippen LogP contribution in [-0.4, -0.2) is 43.3 Å². The number of amides is 1. The van der Waals surface area contributed by atoms with Gasteiger partial charge in [0, 0.05) is 37.4 Å². The Hall–Kier alpha value is -2.44. The topological polar surface area (TPSA) is 64.6 Å². The molecular weight excluding hydrogens is 345 g/mol. The summed E-state index contributed by atoms with van der Waals surface area (Å²) in [5.41, 5.74) is 3.63. The molecule has 2 unspecified atom stereocenters. The van der Waals surface area contributed by atoms with Crippen molar-refractivity contribution in [2.24, 2.45) is 0 Å². The van der Waals surface area contributed by atoms with Crippen LogP contribution in [-0.2, 0) is 6.42 Å². The SMILES string of the molecule is O=C(NC1c2cc(N3CCNCC3)ccc2CCC1O)c1ccc(F)cc1. The lowest BCUT2D eigenvalue weighted by molar-refractivity contribution is 0.0791. The van der Waals surface area contributed by atoms with Crippen LogP contribution in [0.4, 0.5) is 10.1 Å². The monoisotopic (exact) mass is 369 g/mol. The number of aliphatic hydroxyl groups excluding tert-OH is 1. The fourth-order valence-corrected chi connectivity index (χ4v) is 3.90. The molecule has 6 heteroatoms. The van der Waals surface area contributed by atoms with Gasteiger partial charge >= 0.3 is 0 Å². The average molecular weight is 369 g/mol. The number of aryl methyl sites for hydroxylation is 1. The predicted molar refractivity (Wildman–Crippen MR) is 102 cm³/mol. The van der Waals surface area contributed by atoms with Gasteiger partial charge in [-0.3, -0.25) is 4.79 Å². The molecule has 1 fully saturated rings. The lowest BCUT2D eigenvalue weighted by Crippen LogP contribution is -2.44. The van der Waals surface area contributed by atoms with Crippen LogP contribution in [0.3, 0.4) is 0 Å². The Labute approximate surface area is 158 Å². The third-order valence-corrected chi connectivity index (χ3v) is 5.43. The minimum atomic E-state index is -0.639. The Bertz CT molecular complexity index is 819. The zero-order chi connectivity index (χ0) is 18.8. The molecule has 1 heterocycles. The van der Waals surface area contributed by atoms with Gasteiger partial charge in [0.05, 0.1) is 12.1 Å². The van der Waals surface area contributed by atoms with Crippen molar-refractivity contribution >= 4 is 11.6 Å². The van der Waals surface area contributed by atoms with E-state index in [4.69, 9.17) is 0 Å². The molecule has 1 amide bonds. The number of carbonyl (C=O) groups is 1. The quantitative estimate of drug-likeness (QED) is 0.775. The van der Waals surface area contributed by atoms with Gasteiger partial charge in [-0.1, -0.05) is 6.07 Å². The van der Waals surface area contributed by atoms with Gasteiger partial charge in [-0.25, -0.2) is 4.39 Å². The van der Waals surface area contributed by atoms with Gasteiger partial charge in [0.1, 0.15) is 5.82 Å². The number of nitrogens with zero attached hydrogens (tertiary/aromatic N) is 1. The highest BCUT2D eigenvalue weighted by atomic mass is 19.1. The summed E-state index contributed by atoms with van der Waals surface area (Å²) in [5, 5.41) is 16.9. The normalized spacial score (nSPS) is 22.2.